The van der Waals surface area contributed by atoms with Crippen LogP contribution < -0.4 is 5.32 Å². The minimum absolute atomic E-state index is 0.0485. The summed E-state index contributed by atoms with van der Waals surface area (Å²) in [6, 6.07) is 13.0. The van der Waals surface area contributed by atoms with Gasteiger partial charge in [-0.25, -0.2) is 0 Å². The number of fused-ring (bicyclic) bond motifs is 1. The van der Waals surface area contributed by atoms with Crippen LogP contribution in [0.3, 0.4) is 0 Å². The molecule has 1 atom stereocenters. The second-order valence-corrected chi connectivity index (χ2v) is 5.12. The van der Waals surface area contributed by atoms with Crippen molar-refractivity contribution >= 4 is 22.6 Å². The molecule has 1 amide bonds. The molecule has 0 heterocycles. The lowest BCUT2D eigenvalue weighted by molar-refractivity contribution is -0.137. The van der Waals surface area contributed by atoms with E-state index < -0.39 is 5.97 Å². The van der Waals surface area contributed by atoms with Crippen LogP contribution >= 0.6 is 0 Å². The highest BCUT2D eigenvalue weighted by molar-refractivity contribution is 5.98. The number of aliphatic carboxylic acids is 1. The topological polar surface area (TPSA) is 66.4 Å². The summed E-state index contributed by atoms with van der Waals surface area (Å²) in [4.78, 5) is 23.1. The summed E-state index contributed by atoms with van der Waals surface area (Å²) in [6.07, 6.45) is 1.44. The zero-order valence-electron chi connectivity index (χ0n) is 12.0. The van der Waals surface area contributed by atoms with Crippen molar-refractivity contribution in [3.8, 4) is 0 Å². The van der Waals surface area contributed by atoms with Crippen LogP contribution in [-0.4, -0.2) is 23.0 Å². The van der Waals surface area contributed by atoms with Crippen molar-refractivity contribution in [3.05, 3.63) is 48.0 Å². The molecule has 0 aliphatic rings. The van der Waals surface area contributed by atoms with Gasteiger partial charge in [-0.15, -0.1) is 0 Å². The lowest BCUT2D eigenvalue weighted by Gasteiger charge is -2.16. The average Bonchev–Trinajstić information content (AvgIpc) is 2.46. The van der Waals surface area contributed by atoms with E-state index in [1.54, 1.807) is 6.07 Å². The Morgan fingerprint density at radius 1 is 1.14 bits per heavy atom. The SMILES string of the molecule is CCCC(CC(=O)O)NC(=O)c1ccc2ccccc2c1. The van der Waals surface area contributed by atoms with Gasteiger partial charge in [-0.2, -0.15) is 0 Å². The smallest absolute Gasteiger partial charge is 0.305 e. The molecule has 2 aromatic carbocycles. The predicted molar refractivity (Wildman–Crippen MR) is 82.4 cm³/mol. The first-order valence-electron chi connectivity index (χ1n) is 7.11. The van der Waals surface area contributed by atoms with Gasteiger partial charge >= 0.3 is 5.97 Å². The number of carboxylic acids is 1. The first kappa shape index (κ1) is 15.0. The Balaban J connectivity index is 2.14. The van der Waals surface area contributed by atoms with Gasteiger partial charge in [-0.1, -0.05) is 43.7 Å². The van der Waals surface area contributed by atoms with Crippen molar-refractivity contribution in [3.63, 3.8) is 0 Å². The molecule has 2 aromatic rings. The number of rotatable bonds is 6. The third-order valence-electron chi connectivity index (χ3n) is 3.41. The first-order chi connectivity index (χ1) is 10.1. The maximum Gasteiger partial charge on any atom is 0.305 e. The Hall–Kier alpha value is -2.36. The van der Waals surface area contributed by atoms with Crippen molar-refractivity contribution in [2.45, 2.75) is 32.2 Å². The third kappa shape index (κ3) is 4.05. The molecule has 0 radical (unpaired) electrons. The number of hydrogen-bond donors (Lipinski definition) is 2. The van der Waals surface area contributed by atoms with Crippen LogP contribution in [0.1, 0.15) is 36.5 Å². The molecule has 110 valence electrons. The fourth-order valence-electron chi connectivity index (χ4n) is 2.38. The second kappa shape index (κ2) is 6.88. The number of amides is 1. The number of nitrogens with one attached hydrogen (secondary N) is 1. The van der Waals surface area contributed by atoms with Crippen LogP contribution in [0.5, 0.6) is 0 Å². The molecule has 0 aliphatic carbocycles. The van der Waals surface area contributed by atoms with E-state index in [-0.39, 0.29) is 18.4 Å². The molecule has 0 saturated heterocycles. The number of hydrogen-bond acceptors (Lipinski definition) is 2. The van der Waals surface area contributed by atoms with E-state index in [1.165, 1.54) is 0 Å². The zero-order chi connectivity index (χ0) is 15.2. The largest absolute Gasteiger partial charge is 0.481 e. The molecule has 4 nitrogen and oxygen atoms in total. The summed E-state index contributed by atoms with van der Waals surface area (Å²) < 4.78 is 0. The van der Waals surface area contributed by atoms with Gasteiger partial charge in [0.05, 0.1) is 6.42 Å². The van der Waals surface area contributed by atoms with Gasteiger partial charge in [0.1, 0.15) is 0 Å². The number of carboxylic acid groups (broad SMARTS) is 1. The van der Waals surface area contributed by atoms with Crippen LogP contribution in [-0.2, 0) is 4.79 Å². The normalized spacial score (nSPS) is 12.0. The fourth-order valence-corrected chi connectivity index (χ4v) is 2.38. The van der Waals surface area contributed by atoms with E-state index in [0.29, 0.717) is 12.0 Å². The lowest BCUT2D eigenvalue weighted by atomic mass is 10.0. The van der Waals surface area contributed by atoms with Crippen LogP contribution in [0.2, 0.25) is 0 Å². The van der Waals surface area contributed by atoms with Crippen molar-refractivity contribution in [2.24, 2.45) is 0 Å². The first-order valence-corrected chi connectivity index (χ1v) is 7.11. The molecule has 2 rings (SSSR count). The Morgan fingerprint density at radius 2 is 1.86 bits per heavy atom. The molecule has 21 heavy (non-hydrogen) atoms. The molecule has 0 bridgehead atoms. The number of carbonyl (C=O) groups is 2. The van der Waals surface area contributed by atoms with Crippen LogP contribution in [0.25, 0.3) is 10.8 Å². The van der Waals surface area contributed by atoms with Gasteiger partial charge in [0, 0.05) is 11.6 Å². The minimum atomic E-state index is -0.896. The standard InChI is InChI=1S/C17H19NO3/c1-2-5-15(11-16(19)20)18-17(21)14-9-8-12-6-3-4-7-13(12)10-14/h3-4,6-10,15H,2,5,11H2,1H3,(H,18,21)(H,19,20). The van der Waals surface area contributed by atoms with Crippen LogP contribution in [0, 0.1) is 0 Å². The fraction of sp³-hybridized carbons (Fsp3) is 0.294. The summed E-state index contributed by atoms with van der Waals surface area (Å²) in [5, 5.41) is 13.8. The second-order valence-electron chi connectivity index (χ2n) is 5.12. The molecule has 0 fully saturated rings. The lowest BCUT2D eigenvalue weighted by Crippen LogP contribution is -2.36. The van der Waals surface area contributed by atoms with E-state index in [2.05, 4.69) is 5.32 Å². The Kier molecular flexibility index (Phi) is 4.93. The Labute approximate surface area is 123 Å². The summed E-state index contributed by atoms with van der Waals surface area (Å²) in [7, 11) is 0. The Morgan fingerprint density at radius 3 is 2.52 bits per heavy atom. The summed E-state index contributed by atoms with van der Waals surface area (Å²) >= 11 is 0. The monoisotopic (exact) mass is 285 g/mol. The Bertz CT molecular complexity index is 651. The van der Waals surface area contributed by atoms with Gasteiger partial charge in [-0.3, -0.25) is 9.59 Å². The van der Waals surface area contributed by atoms with Gasteiger partial charge in [0.2, 0.25) is 0 Å². The highest BCUT2D eigenvalue weighted by Gasteiger charge is 2.16. The minimum Gasteiger partial charge on any atom is -0.481 e. The van der Waals surface area contributed by atoms with E-state index in [1.807, 2.05) is 43.3 Å². The maximum atomic E-state index is 12.3. The van der Waals surface area contributed by atoms with Crippen molar-refractivity contribution in [1.82, 2.24) is 5.32 Å². The quantitative estimate of drug-likeness (QED) is 0.856. The zero-order valence-corrected chi connectivity index (χ0v) is 12.0. The van der Waals surface area contributed by atoms with E-state index >= 15 is 0 Å². The molecule has 0 aliphatic heterocycles. The number of carbonyl (C=O) groups excluding carboxylic acids is 1. The molecule has 1 unspecified atom stereocenters. The van der Waals surface area contributed by atoms with Gasteiger partial charge in [0.25, 0.3) is 5.91 Å². The molecular weight excluding hydrogens is 266 g/mol. The summed E-state index contributed by atoms with van der Waals surface area (Å²) in [5.74, 6) is -1.12. The predicted octanol–water partition coefficient (Wildman–Crippen LogP) is 3.21. The van der Waals surface area contributed by atoms with E-state index in [9.17, 15) is 9.59 Å². The molecule has 0 aromatic heterocycles. The van der Waals surface area contributed by atoms with Crippen molar-refractivity contribution < 1.29 is 14.7 Å². The van der Waals surface area contributed by atoms with Crippen LogP contribution in [0.4, 0.5) is 0 Å². The van der Waals surface area contributed by atoms with Gasteiger partial charge in [0.15, 0.2) is 0 Å². The average molecular weight is 285 g/mol. The van der Waals surface area contributed by atoms with E-state index in [4.69, 9.17) is 5.11 Å². The van der Waals surface area contributed by atoms with Crippen molar-refractivity contribution in [2.75, 3.05) is 0 Å². The summed E-state index contributed by atoms with van der Waals surface area (Å²) in [5.41, 5.74) is 0.556. The van der Waals surface area contributed by atoms with Gasteiger partial charge in [-0.05, 0) is 29.3 Å². The number of benzene rings is 2. The van der Waals surface area contributed by atoms with Crippen molar-refractivity contribution in [1.29, 1.82) is 0 Å². The third-order valence-corrected chi connectivity index (χ3v) is 3.41. The highest BCUT2D eigenvalue weighted by Crippen LogP contribution is 2.16. The molecule has 4 heteroatoms. The molecule has 0 spiro atoms. The molecule has 2 N–H and O–H groups in total. The maximum absolute atomic E-state index is 12.3. The van der Waals surface area contributed by atoms with Gasteiger partial charge < -0.3 is 10.4 Å². The highest BCUT2D eigenvalue weighted by atomic mass is 16.4. The summed E-state index contributed by atoms with van der Waals surface area (Å²) in [6.45, 7) is 1.97. The molecular formula is C17H19NO3. The van der Waals surface area contributed by atoms with E-state index in [0.717, 1.165) is 17.2 Å². The molecule has 0 saturated carbocycles. The van der Waals surface area contributed by atoms with Crippen LogP contribution in [0.15, 0.2) is 42.5 Å².